The van der Waals surface area contributed by atoms with Crippen LogP contribution in [0.5, 0.6) is 0 Å². The molecule has 5 heteroatoms. The summed E-state index contributed by atoms with van der Waals surface area (Å²) >= 11 is 0. The number of pyridine rings is 1. The Hall–Kier alpha value is -1.88. The number of nitrogens with one attached hydrogen (secondary N) is 2. The topological polar surface area (TPSA) is 63.2 Å². The molecule has 0 amide bonds. The zero-order chi connectivity index (χ0) is 12.8. The first-order chi connectivity index (χ1) is 8.79. The lowest BCUT2D eigenvalue weighted by molar-refractivity contribution is 0.0600. The van der Waals surface area contributed by atoms with Gasteiger partial charge in [-0.05, 0) is 25.1 Å². The van der Waals surface area contributed by atoms with E-state index in [-0.39, 0.29) is 5.97 Å². The van der Waals surface area contributed by atoms with Gasteiger partial charge < -0.3 is 15.4 Å². The van der Waals surface area contributed by atoms with Crippen LogP contribution >= 0.6 is 0 Å². The molecule has 1 aromatic rings. The van der Waals surface area contributed by atoms with Crippen molar-refractivity contribution in [3.05, 3.63) is 35.5 Å². The second-order valence-electron chi connectivity index (χ2n) is 4.09. The van der Waals surface area contributed by atoms with Crippen molar-refractivity contribution < 1.29 is 9.53 Å². The lowest BCUT2D eigenvalue weighted by Crippen LogP contribution is -2.23. The van der Waals surface area contributed by atoms with Gasteiger partial charge in [0.1, 0.15) is 5.82 Å². The van der Waals surface area contributed by atoms with Gasteiger partial charge in [-0.2, -0.15) is 0 Å². The molecule has 18 heavy (non-hydrogen) atoms. The van der Waals surface area contributed by atoms with Crippen LogP contribution in [-0.4, -0.2) is 37.7 Å². The minimum absolute atomic E-state index is 0.346. The Labute approximate surface area is 106 Å². The largest absolute Gasteiger partial charge is 0.465 e. The summed E-state index contributed by atoms with van der Waals surface area (Å²) in [5.74, 6) is 0.346. The first-order valence-corrected chi connectivity index (χ1v) is 5.96. The highest BCUT2D eigenvalue weighted by Gasteiger charge is 2.07. The third kappa shape index (κ3) is 3.30. The van der Waals surface area contributed by atoms with Gasteiger partial charge in [0.25, 0.3) is 0 Å². The summed E-state index contributed by atoms with van der Waals surface area (Å²) in [7, 11) is 1.37. The monoisotopic (exact) mass is 247 g/mol. The second kappa shape index (κ2) is 6.16. The Morgan fingerprint density at radius 1 is 1.61 bits per heavy atom. The SMILES string of the molecule is COC(=O)c1ccnc(NCC2=CCNCC2)c1. The molecule has 0 unspecified atom stereocenters. The molecule has 0 radical (unpaired) electrons. The Morgan fingerprint density at radius 3 is 3.22 bits per heavy atom. The van der Waals surface area contributed by atoms with Crippen LogP contribution in [0.15, 0.2) is 30.0 Å². The average molecular weight is 247 g/mol. The van der Waals surface area contributed by atoms with Gasteiger partial charge in [0.15, 0.2) is 0 Å². The van der Waals surface area contributed by atoms with Gasteiger partial charge in [0, 0.05) is 19.3 Å². The second-order valence-corrected chi connectivity index (χ2v) is 4.09. The van der Waals surface area contributed by atoms with Crippen molar-refractivity contribution >= 4 is 11.8 Å². The maximum Gasteiger partial charge on any atom is 0.338 e. The lowest BCUT2D eigenvalue weighted by atomic mass is 10.1. The molecular weight excluding hydrogens is 230 g/mol. The Kier molecular flexibility index (Phi) is 4.30. The Morgan fingerprint density at radius 2 is 2.50 bits per heavy atom. The molecule has 0 fully saturated rings. The molecule has 1 aliphatic rings. The first kappa shape index (κ1) is 12.6. The third-order valence-electron chi connectivity index (χ3n) is 2.84. The zero-order valence-electron chi connectivity index (χ0n) is 10.4. The Bertz CT molecular complexity index is 457. The molecule has 2 N–H and O–H groups in total. The molecule has 5 nitrogen and oxygen atoms in total. The van der Waals surface area contributed by atoms with Crippen molar-refractivity contribution in [2.45, 2.75) is 6.42 Å². The van der Waals surface area contributed by atoms with E-state index in [0.29, 0.717) is 11.4 Å². The molecule has 0 aromatic carbocycles. The summed E-state index contributed by atoms with van der Waals surface area (Å²) in [5.41, 5.74) is 1.87. The van der Waals surface area contributed by atoms with Crippen LogP contribution in [0.2, 0.25) is 0 Å². The molecule has 0 spiro atoms. The minimum Gasteiger partial charge on any atom is -0.465 e. The van der Waals surface area contributed by atoms with Crippen LogP contribution in [0.25, 0.3) is 0 Å². The van der Waals surface area contributed by atoms with Crippen molar-refractivity contribution in [3.8, 4) is 0 Å². The highest BCUT2D eigenvalue weighted by atomic mass is 16.5. The predicted molar refractivity (Wildman–Crippen MR) is 69.6 cm³/mol. The van der Waals surface area contributed by atoms with E-state index >= 15 is 0 Å². The number of rotatable bonds is 4. The molecule has 2 heterocycles. The fourth-order valence-electron chi connectivity index (χ4n) is 1.81. The number of carbonyl (C=O) groups is 1. The van der Waals surface area contributed by atoms with E-state index in [1.165, 1.54) is 12.7 Å². The number of aromatic nitrogens is 1. The standard InChI is InChI=1S/C13H17N3O2/c1-18-13(17)11-4-7-15-12(8-11)16-9-10-2-5-14-6-3-10/h2,4,7-8,14H,3,5-6,9H2,1H3,(H,15,16). The summed E-state index contributed by atoms with van der Waals surface area (Å²) in [4.78, 5) is 15.6. The van der Waals surface area contributed by atoms with Crippen molar-refractivity contribution in [1.29, 1.82) is 0 Å². The number of methoxy groups -OCH3 is 1. The maximum absolute atomic E-state index is 11.4. The number of anilines is 1. The fourth-order valence-corrected chi connectivity index (χ4v) is 1.81. The third-order valence-corrected chi connectivity index (χ3v) is 2.84. The average Bonchev–Trinajstić information content (AvgIpc) is 2.45. The van der Waals surface area contributed by atoms with Gasteiger partial charge in [0.05, 0.1) is 12.7 Å². The highest BCUT2D eigenvalue weighted by Crippen LogP contribution is 2.10. The van der Waals surface area contributed by atoms with E-state index in [0.717, 1.165) is 26.1 Å². The summed E-state index contributed by atoms with van der Waals surface area (Å²) in [6.07, 6.45) is 4.83. The number of carbonyl (C=O) groups excluding carboxylic acids is 1. The number of hydrogen-bond donors (Lipinski definition) is 2. The van der Waals surface area contributed by atoms with E-state index in [2.05, 4.69) is 26.4 Å². The van der Waals surface area contributed by atoms with Crippen molar-refractivity contribution in [2.75, 3.05) is 32.1 Å². The van der Waals surface area contributed by atoms with E-state index in [1.807, 2.05) is 0 Å². The van der Waals surface area contributed by atoms with Crippen LogP contribution in [0, 0.1) is 0 Å². The van der Waals surface area contributed by atoms with Crippen molar-refractivity contribution in [1.82, 2.24) is 10.3 Å². The number of ether oxygens (including phenoxy) is 1. The minimum atomic E-state index is -0.346. The van der Waals surface area contributed by atoms with Crippen molar-refractivity contribution in [3.63, 3.8) is 0 Å². The van der Waals surface area contributed by atoms with Crippen LogP contribution in [0.1, 0.15) is 16.8 Å². The fraction of sp³-hybridized carbons (Fsp3) is 0.385. The molecular formula is C13H17N3O2. The molecule has 0 saturated carbocycles. The maximum atomic E-state index is 11.4. The van der Waals surface area contributed by atoms with E-state index < -0.39 is 0 Å². The van der Waals surface area contributed by atoms with Crippen LogP contribution < -0.4 is 10.6 Å². The van der Waals surface area contributed by atoms with E-state index in [1.54, 1.807) is 18.3 Å². The number of esters is 1. The summed E-state index contributed by atoms with van der Waals surface area (Å²) < 4.78 is 4.67. The lowest BCUT2D eigenvalue weighted by Gasteiger charge is -2.15. The van der Waals surface area contributed by atoms with Gasteiger partial charge >= 0.3 is 5.97 Å². The molecule has 0 atom stereocenters. The van der Waals surface area contributed by atoms with E-state index in [9.17, 15) is 4.79 Å². The normalized spacial score (nSPS) is 14.8. The number of nitrogens with zero attached hydrogens (tertiary/aromatic N) is 1. The van der Waals surface area contributed by atoms with E-state index in [4.69, 9.17) is 0 Å². The molecule has 1 aromatic heterocycles. The van der Waals surface area contributed by atoms with Gasteiger partial charge in [0.2, 0.25) is 0 Å². The smallest absolute Gasteiger partial charge is 0.338 e. The quantitative estimate of drug-likeness (QED) is 0.618. The summed E-state index contributed by atoms with van der Waals surface area (Å²) in [5, 5.41) is 6.48. The molecule has 0 aliphatic carbocycles. The van der Waals surface area contributed by atoms with Crippen LogP contribution in [0.3, 0.4) is 0 Å². The van der Waals surface area contributed by atoms with Crippen molar-refractivity contribution in [2.24, 2.45) is 0 Å². The molecule has 96 valence electrons. The predicted octanol–water partition coefficient (Wildman–Crippen LogP) is 1.20. The Balaban J connectivity index is 1.96. The molecule has 1 aliphatic heterocycles. The van der Waals surface area contributed by atoms with Gasteiger partial charge in [-0.1, -0.05) is 11.6 Å². The zero-order valence-corrected chi connectivity index (χ0v) is 10.4. The van der Waals surface area contributed by atoms with Gasteiger partial charge in [-0.25, -0.2) is 9.78 Å². The first-order valence-electron chi connectivity index (χ1n) is 5.96. The van der Waals surface area contributed by atoms with Crippen LogP contribution in [-0.2, 0) is 4.74 Å². The molecule has 0 saturated heterocycles. The molecule has 2 rings (SSSR count). The molecule has 0 bridgehead atoms. The summed E-state index contributed by atoms with van der Waals surface area (Å²) in [6, 6.07) is 3.34. The summed E-state index contributed by atoms with van der Waals surface area (Å²) in [6.45, 7) is 2.70. The van der Waals surface area contributed by atoms with Crippen LogP contribution in [0.4, 0.5) is 5.82 Å². The number of hydrogen-bond acceptors (Lipinski definition) is 5. The van der Waals surface area contributed by atoms with Gasteiger partial charge in [-0.15, -0.1) is 0 Å². The van der Waals surface area contributed by atoms with Gasteiger partial charge in [-0.3, -0.25) is 0 Å². The highest BCUT2D eigenvalue weighted by molar-refractivity contribution is 5.89.